The summed E-state index contributed by atoms with van der Waals surface area (Å²) in [6, 6.07) is 5.78. The summed E-state index contributed by atoms with van der Waals surface area (Å²) in [5.74, 6) is 0. The number of nitrogens with two attached hydrogens (primary N) is 1. The van der Waals surface area contributed by atoms with Crippen molar-refractivity contribution < 1.29 is 0 Å². The molecule has 2 N–H and O–H groups in total. The molecule has 20 heavy (non-hydrogen) atoms. The number of thiophene rings is 1. The molecule has 5 nitrogen and oxygen atoms in total. The first-order valence-electron chi connectivity index (χ1n) is 6.70. The second-order valence-electron chi connectivity index (χ2n) is 4.64. The van der Waals surface area contributed by atoms with Crippen LogP contribution in [0, 0.1) is 0 Å². The van der Waals surface area contributed by atoms with Gasteiger partial charge in [0, 0.05) is 36.0 Å². The third kappa shape index (κ3) is 3.46. The van der Waals surface area contributed by atoms with E-state index >= 15 is 0 Å². The number of aromatic nitrogens is 2. The van der Waals surface area contributed by atoms with Gasteiger partial charge in [-0.25, -0.2) is 4.68 Å². The van der Waals surface area contributed by atoms with Crippen LogP contribution in [0.25, 0.3) is 0 Å². The van der Waals surface area contributed by atoms with Gasteiger partial charge < -0.3 is 10.6 Å². The van der Waals surface area contributed by atoms with E-state index < -0.39 is 0 Å². The maximum absolute atomic E-state index is 12.1. The number of rotatable bonds is 6. The first-order chi connectivity index (χ1) is 9.63. The minimum Gasteiger partial charge on any atom is -0.372 e. The number of aryl methyl sites for hydroxylation is 1. The van der Waals surface area contributed by atoms with Gasteiger partial charge in [-0.3, -0.25) is 4.79 Å². The summed E-state index contributed by atoms with van der Waals surface area (Å²) in [7, 11) is 1.90. The number of nitrogens with zero attached hydrogens (tertiary/aromatic N) is 3. The molecule has 2 heterocycles. The molecule has 0 amide bonds. The van der Waals surface area contributed by atoms with Crippen molar-refractivity contribution in [3.8, 4) is 0 Å². The molecular formula is C14H20N4OS. The van der Waals surface area contributed by atoms with Crippen LogP contribution in [0.1, 0.15) is 16.7 Å². The van der Waals surface area contributed by atoms with E-state index in [1.807, 2.05) is 11.9 Å². The maximum Gasteiger partial charge on any atom is 0.269 e. The van der Waals surface area contributed by atoms with E-state index in [-0.39, 0.29) is 5.56 Å². The summed E-state index contributed by atoms with van der Waals surface area (Å²) in [6.45, 7) is 3.91. The maximum atomic E-state index is 12.1. The van der Waals surface area contributed by atoms with E-state index in [9.17, 15) is 4.79 Å². The minimum atomic E-state index is -0.0854. The Kier molecular flexibility index (Phi) is 4.92. The average Bonchev–Trinajstić information content (AvgIpc) is 2.89. The van der Waals surface area contributed by atoms with Crippen LogP contribution in [0.2, 0.25) is 0 Å². The van der Waals surface area contributed by atoms with Gasteiger partial charge in [-0.15, -0.1) is 11.3 Å². The summed E-state index contributed by atoms with van der Waals surface area (Å²) in [6.07, 6.45) is 2.74. The van der Waals surface area contributed by atoms with Crippen LogP contribution in [0.3, 0.4) is 0 Å². The lowest BCUT2D eigenvalue weighted by Crippen LogP contribution is -2.29. The van der Waals surface area contributed by atoms with Gasteiger partial charge >= 0.3 is 0 Å². The number of anilines is 1. The molecule has 0 radical (unpaired) electrons. The predicted octanol–water partition coefficient (Wildman–Crippen LogP) is 1.31. The largest absolute Gasteiger partial charge is 0.372 e. The SMILES string of the molecule is CCc1ccc(Cn2ncc(N(C)CCN)cc2=O)s1. The minimum absolute atomic E-state index is 0.0854. The van der Waals surface area contributed by atoms with Crippen molar-refractivity contribution in [1.29, 1.82) is 0 Å². The normalized spacial score (nSPS) is 10.8. The summed E-state index contributed by atoms with van der Waals surface area (Å²) >= 11 is 1.73. The third-order valence-corrected chi connectivity index (χ3v) is 4.35. The number of likely N-dealkylation sites (N-methyl/N-ethyl adjacent to an activating group) is 1. The first-order valence-corrected chi connectivity index (χ1v) is 7.51. The Morgan fingerprint density at radius 3 is 2.75 bits per heavy atom. The molecule has 0 unspecified atom stereocenters. The number of hydrogen-bond donors (Lipinski definition) is 1. The van der Waals surface area contributed by atoms with Crippen LogP contribution in [-0.4, -0.2) is 29.9 Å². The molecule has 0 atom stereocenters. The van der Waals surface area contributed by atoms with Crippen molar-refractivity contribution in [3.63, 3.8) is 0 Å². The highest BCUT2D eigenvalue weighted by atomic mass is 32.1. The first kappa shape index (κ1) is 14.7. The Bertz CT molecular complexity index is 620. The summed E-state index contributed by atoms with van der Waals surface area (Å²) < 4.78 is 1.49. The number of hydrogen-bond acceptors (Lipinski definition) is 5. The van der Waals surface area contributed by atoms with E-state index in [1.165, 1.54) is 9.56 Å². The lowest BCUT2D eigenvalue weighted by atomic mass is 10.3. The summed E-state index contributed by atoms with van der Waals surface area (Å²) in [5, 5.41) is 4.24. The van der Waals surface area contributed by atoms with Crippen LogP contribution in [0.4, 0.5) is 5.69 Å². The molecule has 0 aliphatic carbocycles. The van der Waals surface area contributed by atoms with Crippen LogP contribution in [0.5, 0.6) is 0 Å². The van der Waals surface area contributed by atoms with Gasteiger partial charge in [-0.05, 0) is 18.6 Å². The molecule has 2 aromatic heterocycles. The van der Waals surface area contributed by atoms with Crippen molar-refractivity contribution >= 4 is 17.0 Å². The van der Waals surface area contributed by atoms with Crippen molar-refractivity contribution in [3.05, 3.63) is 44.5 Å². The van der Waals surface area contributed by atoms with Crippen LogP contribution >= 0.6 is 11.3 Å². The van der Waals surface area contributed by atoms with E-state index in [1.54, 1.807) is 23.6 Å². The topological polar surface area (TPSA) is 64.2 Å². The van der Waals surface area contributed by atoms with Crippen molar-refractivity contribution in [2.24, 2.45) is 5.73 Å². The van der Waals surface area contributed by atoms with E-state index in [2.05, 4.69) is 24.2 Å². The zero-order valence-corrected chi connectivity index (χ0v) is 12.7. The Hall–Kier alpha value is -1.66. The van der Waals surface area contributed by atoms with E-state index in [0.717, 1.165) is 17.0 Å². The van der Waals surface area contributed by atoms with Gasteiger partial charge in [0.1, 0.15) is 0 Å². The molecule has 2 aromatic rings. The van der Waals surface area contributed by atoms with E-state index in [0.29, 0.717) is 19.6 Å². The molecule has 0 aliphatic rings. The van der Waals surface area contributed by atoms with Crippen molar-refractivity contribution in [2.75, 3.05) is 25.0 Å². The molecule has 0 saturated heterocycles. The Morgan fingerprint density at radius 1 is 1.40 bits per heavy atom. The second kappa shape index (κ2) is 6.67. The van der Waals surface area contributed by atoms with Gasteiger partial charge in [0.05, 0.1) is 18.4 Å². The second-order valence-corrected chi connectivity index (χ2v) is 5.89. The van der Waals surface area contributed by atoms with Crippen LogP contribution in [0.15, 0.2) is 29.2 Å². The van der Waals surface area contributed by atoms with Gasteiger partial charge in [-0.1, -0.05) is 6.92 Å². The zero-order valence-electron chi connectivity index (χ0n) is 11.9. The smallest absolute Gasteiger partial charge is 0.269 e. The Labute approximate surface area is 122 Å². The van der Waals surface area contributed by atoms with Gasteiger partial charge in [0.2, 0.25) is 0 Å². The standard InChI is InChI=1S/C14H20N4OS/c1-3-12-4-5-13(20-12)10-18-14(19)8-11(9-16-18)17(2)7-6-15/h4-5,8-9H,3,6-7,10,15H2,1-2H3. The van der Waals surface area contributed by atoms with Crippen molar-refractivity contribution in [1.82, 2.24) is 9.78 Å². The summed E-state index contributed by atoms with van der Waals surface area (Å²) in [4.78, 5) is 16.5. The quantitative estimate of drug-likeness (QED) is 0.872. The lowest BCUT2D eigenvalue weighted by Gasteiger charge is -2.17. The fourth-order valence-corrected chi connectivity index (χ4v) is 2.86. The van der Waals surface area contributed by atoms with Gasteiger partial charge in [0.15, 0.2) is 0 Å². The lowest BCUT2D eigenvalue weighted by molar-refractivity contribution is 0.643. The molecule has 0 spiro atoms. The molecular weight excluding hydrogens is 272 g/mol. The predicted molar refractivity (Wildman–Crippen MR) is 83.6 cm³/mol. The monoisotopic (exact) mass is 292 g/mol. The Morgan fingerprint density at radius 2 is 2.15 bits per heavy atom. The zero-order chi connectivity index (χ0) is 14.5. The molecule has 6 heteroatoms. The van der Waals surface area contributed by atoms with Crippen LogP contribution < -0.4 is 16.2 Å². The van der Waals surface area contributed by atoms with Gasteiger partial charge in [0.25, 0.3) is 5.56 Å². The molecule has 0 saturated carbocycles. The molecule has 2 rings (SSSR count). The fourth-order valence-electron chi connectivity index (χ4n) is 1.92. The molecule has 0 aliphatic heterocycles. The average molecular weight is 292 g/mol. The highest BCUT2D eigenvalue weighted by Gasteiger charge is 2.06. The van der Waals surface area contributed by atoms with Crippen molar-refractivity contribution in [2.45, 2.75) is 19.9 Å². The van der Waals surface area contributed by atoms with Crippen LogP contribution in [-0.2, 0) is 13.0 Å². The molecule has 0 aromatic carbocycles. The molecule has 108 valence electrons. The highest BCUT2D eigenvalue weighted by molar-refractivity contribution is 7.11. The fraction of sp³-hybridized carbons (Fsp3) is 0.429. The van der Waals surface area contributed by atoms with Gasteiger partial charge in [-0.2, -0.15) is 5.10 Å². The summed E-state index contributed by atoms with van der Waals surface area (Å²) in [5.41, 5.74) is 6.23. The Balaban J connectivity index is 2.15. The molecule has 0 fully saturated rings. The third-order valence-electron chi connectivity index (χ3n) is 3.13. The highest BCUT2D eigenvalue weighted by Crippen LogP contribution is 2.17. The van der Waals surface area contributed by atoms with E-state index in [4.69, 9.17) is 5.73 Å². The molecule has 0 bridgehead atoms.